The average molecular weight is 195 g/mol. The summed E-state index contributed by atoms with van der Waals surface area (Å²) in [5.74, 6) is 0.205. The van der Waals surface area contributed by atoms with Gasteiger partial charge in [-0.2, -0.15) is 0 Å². The van der Waals surface area contributed by atoms with Crippen LogP contribution < -0.4 is 0 Å². The van der Waals surface area contributed by atoms with E-state index in [2.05, 4.69) is 6.92 Å². The largest absolute Gasteiger partial charge is 0.336 e. The molecule has 1 aliphatic rings. The van der Waals surface area contributed by atoms with E-state index in [1.807, 2.05) is 18.7 Å². The topological polar surface area (TPSA) is 20.3 Å². The highest BCUT2D eigenvalue weighted by molar-refractivity contribution is 5.88. The lowest BCUT2D eigenvalue weighted by Gasteiger charge is -2.34. The van der Waals surface area contributed by atoms with Gasteiger partial charge in [0.25, 0.3) is 0 Å². The van der Waals surface area contributed by atoms with E-state index in [0.29, 0.717) is 6.04 Å². The molecule has 1 fully saturated rings. The Balaban J connectivity index is 2.63. The Morgan fingerprint density at radius 3 is 2.71 bits per heavy atom. The molecule has 1 atom stereocenters. The van der Waals surface area contributed by atoms with Gasteiger partial charge in [0.15, 0.2) is 0 Å². The maximum atomic E-state index is 11.8. The molecule has 1 aliphatic heterocycles. The van der Waals surface area contributed by atoms with Gasteiger partial charge in [-0.15, -0.1) is 0 Å². The van der Waals surface area contributed by atoms with Crippen LogP contribution in [0.2, 0.25) is 0 Å². The van der Waals surface area contributed by atoms with Gasteiger partial charge in [-0.05, 0) is 39.5 Å². The summed E-state index contributed by atoms with van der Waals surface area (Å²) in [6, 6.07) is 0.479. The molecule has 0 aromatic rings. The Morgan fingerprint density at radius 2 is 2.14 bits per heavy atom. The highest BCUT2D eigenvalue weighted by Crippen LogP contribution is 2.19. The normalized spacial score (nSPS) is 21.9. The van der Waals surface area contributed by atoms with Crippen molar-refractivity contribution in [3.63, 3.8) is 0 Å². The number of allylic oxidation sites excluding steroid dienone is 1. The number of piperidine rings is 1. The number of nitrogens with zero attached hydrogens (tertiary/aromatic N) is 1. The van der Waals surface area contributed by atoms with Gasteiger partial charge in [0.2, 0.25) is 5.91 Å². The van der Waals surface area contributed by atoms with Gasteiger partial charge in [-0.25, -0.2) is 0 Å². The molecule has 1 amide bonds. The van der Waals surface area contributed by atoms with E-state index < -0.39 is 0 Å². The van der Waals surface area contributed by atoms with Crippen LogP contribution in [0.1, 0.15) is 46.5 Å². The maximum Gasteiger partial charge on any atom is 0.246 e. The van der Waals surface area contributed by atoms with E-state index in [4.69, 9.17) is 0 Å². The standard InChI is InChI=1S/C12H21NO/c1-4-11-7-5-6-8-13(11)12(14)9-10(2)3/h9,11H,4-8H2,1-3H3. The summed E-state index contributed by atoms with van der Waals surface area (Å²) in [5.41, 5.74) is 1.09. The second kappa shape index (κ2) is 5.18. The maximum absolute atomic E-state index is 11.8. The molecule has 0 radical (unpaired) electrons. The molecule has 0 aromatic carbocycles. The van der Waals surface area contributed by atoms with Crippen LogP contribution in [0.5, 0.6) is 0 Å². The SMILES string of the molecule is CCC1CCCCN1C(=O)C=C(C)C. The van der Waals surface area contributed by atoms with Gasteiger partial charge >= 0.3 is 0 Å². The van der Waals surface area contributed by atoms with Crippen molar-refractivity contribution in [1.29, 1.82) is 0 Å². The van der Waals surface area contributed by atoms with Crippen LogP contribution in [0.4, 0.5) is 0 Å². The number of amides is 1. The third kappa shape index (κ3) is 2.86. The Morgan fingerprint density at radius 1 is 1.43 bits per heavy atom. The molecule has 2 nitrogen and oxygen atoms in total. The number of carbonyl (C=O) groups is 1. The summed E-state index contributed by atoms with van der Waals surface area (Å²) in [6.45, 7) is 7.06. The van der Waals surface area contributed by atoms with E-state index in [0.717, 1.165) is 18.5 Å². The number of hydrogen-bond donors (Lipinski definition) is 0. The Labute approximate surface area is 87.0 Å². The fraction of sp³-hybridized carbons (Fsp3) is 0.750. The monoisotopic (exact) mass is 195 g/mol. The molecular weight excluding hydrogens is 174 g/mol. The Hall–Kier alpha value is -0.790. The second-order valence-electron chi connectivity index (χ2n) is 4.31. The van der Waals surface area contributed by atoms with Gasteiger partial charge in [0.1, 0.15) is 0 Å². The van der Waals surface area contributed by atoms with Crippen molar-refractivity contribution in [2.45, 2.75) is 52.5 Å². The van der Waals surface area contributed by atoms with Crippen molar-refractivity contribution >= 4 is 5.91 Å². The first-order chi connectivity index (χ1) is 6.65. The average Bonchev–Trinajstić information content (AvgIpc) is 2.16. The summed E-state index contributed by atoms with van der Waals surface area (Å²) in [7, 11) is 0. The van der Waals surface area contributed by atoms with Crippen LogP contribution in [-0.4, -0.2) is 23.4 Å². The van der Waals surface area contributed by atoms with Crippen molar-refractivity contribution in [1.82, 2.24) is 4.90 Å². The van der Waals surface area contributed by atoms with Crippen molar-refractivity contribution in [2.24, 2.45) is 0 Å². The van der Waals surface area contributed by atoms with Crippen molar-refractivity contribution < 1.29 is 4.79 Å². The smallest absolute Gasteiger partial charge is 0.246 e. The minimum Gasteiger partial charge on any atom is -0.336 e. The van der Waals surface area contributed by atoms with Crippen LogP contribution in [-0.2, 0) is 4.79 Å². The molecule has 0 bridgehead atoms. The number of hydrogen-bond acceptors (Lipinski definition) is 1. The lowest BCUT2D eigenvalue weighted by atomic mass is 10.00. The van der Waals surface area contributed by atoms with Crippen LogP contribution in [0.3, 0.4) is 0 Å². The zero-order chi connectivity index (χ0) is 10.6. The molecule has 14 heavy (non-hydrogen) atoms. The van der Waals surface area contributed by atoms with Crippen LogP contribution in [0.25, 0.3) is 0 Å². The third-order valence-corrected chi connectivity index (χ3v) is 2.79. The van der Waals surface area contributed by atoms with E-state index in [1.54, 1.807) is 6.08 Å². The zero-order valence-corrected chi connectivity index (χ0v) is 9.55. The van der Waals surface area contributed by atoms with Gasteiger partial charge < -0.3 is 4.90 Å². The zero-order valence-electron chi connectivity index (χ0n) is 9.55. The molecule has 0 spiro atoms. The molecule has 1 rings (SSSR count). The first kappa shape index (κ1) is 11.3. The molecule has 80 valence electrons. The minimum absolute atomic E-state index is 0.205. The summed E-state index contributed by atoms with van der Waals surface area (Å²) in [5, 5.41) is 0. The lowest BCUT2D eigenvalue weighted by molar-refractivity contribution is -0.129. The predicted molar refractivity (Wildman–Crippen MR) is 59.1 cm³/mol. The quantitative estimate of drug-likeness (QED) is 0.620. The predicted octanol–water partition coefficient (Wildman–Crippen LogP) is 2.74. The van der Waals surface area contributed by atoms with E-state index in [9.17, 15) is 4.79 Å². The number of likely N-dealkylation sites (tertiary alicyclic amines) is 1. The van der Waals surface area contributed by atoms with Crippen molar-refractivity contribution in [2.75, 3.05) is 6.54 Å². The molecule has 0 saturated carbocycles. The fourth-order valence-electron chi connectivity index (χ4n) is 2.05. The molecule has 0 N–H and O–H groups in total. The molecule has 1 saturated heterocycles. The molecule has 2 heteroatoms. The highest BCUT2D eigenvalue weighted by atomic mass is 16.2. The second-order valence-corrected chi connectivity index (χ2v) is 4.31. The summed E-state index contributed by atoms with van der Waals surface area (Å²) in [6.07, 6.45) is 6.46. The molecule has 1 unspecified atom stereocenters. The van der Waals surface area contributed by atoms with Gasteiger partial charge in [-0.3, -0.25) is 4.79 Å². The van der Waals surface area contributed by atoms with Crippen LogP contribution in [0.15, 0.2) is 11.6 Å². The first-order valence-corrected chi connectivity index (χ1v) is 5.60. The van der Waals surface area contributed by atoms with Gasteiger partial charge in [-0.1, -0.05) is 12.5 Å². The molecule has 1 heterocycles. The third-order valence-electron chi connectivity index (χ3n) is 2.79. The molecule has 0 aromatic heterocycles. The van der Waals surface area contributed by atoms with E-state index in [-0.39, 0.29) is 5.91 Å². The number of carbonyl (C=O) groups excluding carboxylic acids is 1. The van der Waals surface area contributed by atoms with Gasteiger partial charge in [0, 0.05) is 18.7 Å². The van der Waals surface area contributed by atoms with Crippen molar-refractivity contribution in [3.05, 3.63) is 11.6 Å². The lowest BCUT2D eigenvalue weighted by Crippen LogP contribution is -2.42. The van der Waals surface area contributed by atoms with E-state index in [1.165, 1.54) is 19.3 Å². The minimum atomic E-state index is 0.205. The fourth-order valence-corrected chi connectivity index (χ4v) is 2.05. The summed E-state index contributed by atoms with van der Waals surface area (Å²) in [4.78, 5) is 13.9. The first-order valence-electron chi connectivity index (χ1n) is 5.60. The van der Waals surface area contributed by atoms with Crippen LogP contribution in [0, 0.1) is 0 Å². The number of rotatable bonds is 2. The summed E-state index contributed by atoms with van der Waals surface area (Å²) >= 11 is 0. The Bertz CT molecular complexity index is 228. The molecule has 0 aliphatic carbocycles. The summed E-state index contributed by atoms with van der Waals surface area (Å²) < 4.78 is 0. The van der Waals surface area contributed by atoms with Crippen molar-refractivity contribution in [3.8, 4) is 0 Å². The van der Waals surface area contributed by atoms with Crippen LogP contribution >= 0.6 is 0 Å². The van der Waals surface area contributed by atoms with Gasteiger partial charge in [0.05, 0.1) is 0 Å². The molecular formula is C12H21NO. The highest BCUT2D eigenvalue weighted by Gasteiger charge is 2.23. The van der Waals surface area contributed by atoms with E-state index >= 15 is 0 Å². The Kier molecular flexibility index (Phi) is 4.18.